The van der Waals surface area contributed by atoms with E-state index >= 15 is 0 Å². The van der Waals surface area contributed by atoms with Gasteiger partial charge in [-0.3, -0.25) is 5.43 Å². The van der Waals surface area contributed by atoms with Gasteiger partial charge in [0.05, 0.1) is 23.4 Å². The number of nitrogens with one attached hydrogen (secondary N) is 2. The second-order valence-corrected chi connectivity index (χ2v) is 6.63. The Labute approximate surface area is 178 Å². The van der Waals surface area contributed by atoms with Gasteiger partial charge in [0.15, 0.2) is 16.6 Å². The van der Waals surface area contributed by atoms with Gasteiger partial charge in [-0.1, -0.05) is 23.2 Å². The van der Waals surface area contributed by atoms with Gasteiger partial charge < -0.3 is 14.8 Å². The van der Waals surface area contributed by atoms with E-state index in [0.29, 0.717) is 29.0 Å². The van der Waals surface area contributed by atoms with Gasteiger partial charge in [0.1, 0.15) is 0 Å². The average molecular weight is 440 g/mol. The molecule has 9 heteroatoms. The zero-order valence-corrected chi connectivity index (χ0v) is 17.6. The first kappa shape index (κ1) is 21.9. The van der Waals surface area contributed by atoms with E-state index in [-0.39, 0.29) is 16.3 Å². The topological polar surface area (TPSA) is 72.0 Å². The number of nitrogens with zero attached hydrogens (tertiary/aromatic N) is 1. The zero-order chi connectivity index (χ0) is 20.5. The van der Waals surface area contributed by atoms with Crippen LogP contribution >= 0.6 is 35.4 Å². The molecule has 0 atom stereocenters. The number of hydrazone groups is 1. The lowest BCUT2D eigenvalue weighted by Gasteiger charge is -2.12. The molecule has 0 aliphatic carbocycles. The standard InChI is InChI=1S/C19H19Cl2N3O3S/c1-3-22-19(28)24-23-11-12-5-8-16(17(9-12)26-4-2)27-18(25)14-7-6-13(20)10-15(14)21/h5-11H,3-4H2,1-2H3,(H2,22,24,28)/b23-11-. The third kappa shape index (κ3) is 6.37. The molecule has 0 spiro atoms. The van der Waals surface area contributed by atoms with Crippen LogP contribution in [0.15, 0.2) is 41.5 Å². The van der Waals surface area contributed by atoms with Crippen LogP contribution in [0.1, 0.15) is 29.8 Å². The molecule has 0 aliphatic heterocycles. The highest BCUT2D eigenvalue weighted by atomic mass is 35.5. The molecule has 0 fully saturated rings. The molecule has 0 unspecified atom stereocenters. The van der Waals surface area contributed by atoms with Crippen LogP contribution in [0.4, 0.5) is 0 Å². The van der Waals surface area contributed by atoms with Gasteiger partial charge in [0.2, 0.25) is 0 Å². The van der Waals surface area contributed by atoms with Crippen LogP contribution in [0.25, 0.3) is 0 Å². The molecule has 0 aromatic heterocycles. The number of hydrogen-bond donors (Lipinski definition) is 2. The predicted molar refractivity (Wildman–Crippen MR) is 116 cm³/mol. The highest BCUT2D eigenvalue weighted by Crippen LogP contribution is 2.30. The highest BCUT2D eigenvalue weighted by molar-refractivity contribution is 7.80. The van der Waals surface area contributed by atoms with Crippen molar-refractivity contribution < 1.29 is 14.3 Å². The predicted octanol–water partition coefficient (Wildman–Crippen LogP) is 4.43. The summed E-state index contributed by atoms with van der Waals surface area (Å²) in [5.41, 5.74) is 3.65. The van der Waals surface area contributed by atoms with E-state index in [4.69, 9.17) is 44.9 Å². The maximum atomic E-state index is 12.4. The zero-order valence-electron chi connectivity index (χ0n) is 15.3. The summed E-state index contributed by atoms with van der Waals surface area (Å²) in [5, 5.41) is 8.04. The summed E-state index contributed by atoms with van der Waals surface area (Å²) in [4.78, 5) is 12.4. The van der Waals surface area contributed by atoms with Crippen LogP contribution in [0.2, 0.25) is 10.0 Å². The Morgan fingerprint density at radius 2 is 1.96 bits per heavy atom. The lowest BCUT2D eigenvalue weighted by Crippen LogP contribution is -2.31. The molecule has 2 N–H and O–H groups in total. The Morgan fingerprint density at radius 3 is 2.64 bits per heavy atom. The van der Waals surface area contributed by atoms with Crippen molar-refractivity contribution in [3.63, 3.8) is 0 Å². The van der Waals surface area contributed by atoms with Gasteiger partial charge in [-0.25, -0.2) is 4.79 Å². The lowest BCUT2D eigenvalue weighted by molar-refractivity contribution is 0.0728. The van der Waals surface area contributed by atoms with E-state index in [1.807, 2.05) is 13.8 Å². The number of carbonyl (C=O) groups excluding carboxylic acids is 1. The molecule has 0 saturated carbocycles. The van der Waals surface area contributed by atoms with Crippen molar-refractivity contribution >= 4 is 52.7 Å². The smallest absolute Gasteiger partial charge is 0.345 e. The minimum Gasteiger partial charge on any atom is -0.490 e. The van der Waals surface area contributed by atoms with Gasteiger partial charge in [-0.15, -0.1) is 0 Å². The number of esters is 1. The molecular formula is C19H19Cl2N3O3S. The van der Waals surface area contributed by atoms with Crippen molar-refractivity contribution in [1.29, 1.82) is 0 Å². The summed E-state index contributed by atoms with van der Waals surface area (Å²) in [6.07, 6.45) is 1.58. The summed E-state index contributed by atoms with van der Waals surface area (Å²) in [6.45, 7) is 4.87. The molecule has 2 rings (SSSR count). The maximum Gasteiger partial charge on any atom is 0.345 e. The molecule has 0 amide bonds. The summed E-state index contributed by atoms with van der Waals surface area (Å²) >= 11 is 17.0. The minimum atomic E-state index is -0.610. The van der Waals surface area contributed by atoms with E-state index in [0.717, 1.165) is 5.56 Å². The van der Waals surface area contributed by atoms with Crippen LogP contribution in [0.5, 0.6) is 11.5 Å². The number of halogens is 2. The third-order valence-corrected chi connectivity index (χ3v) is 4.12. The van der Waals surface area contributed by atoms with Crippen LogP contribution in [-0.2, 0) is 0 Å². The molecule has 0 saturated heterocycles. The van der Waals surface area contributed by atoms with Gasteiger partial charge in [-0.2, -0.15) is 5.10 Å². The molecule has 0 aliphatic rings. The molecule has 0 bridgehead atoms. The van der Waals surface area contributed by atoms with E-state index in [9.17, 15) is 4.79 Å². The Hall–Kier alpha value is -2.35. The van der Waals surface area contributed by atoms with Crippen LogP contribution in [0, 0.1) is 0 Å². The molecule has 0 heterocycles. The van der Waals surface area contributed by atoms with Gasteiger partial charge in [0, 0.05) is 11.6 Å². The van der Waals surface area contributed by atoms with Crippen LogP contribution < -0.4 is 20.2 Å². The molecule has 6 nitrogen and oxygen atoms in total. The largest absolute Gasteiger partial charge is 0.490 e. The molecule has 148 valence electrons. The van der Waals surface area contributed by atoms with Crippen molar-refractivity contribution in [1.82, 2.24) is 10.7 Å². The van der Waals surface area contributed by atoms with Crippen LogP contribution in [-0.4, -0.2) is 30.4 Å². The number of hydrogen-bond acceptors (Lipinski definition) is 5. The summed E-state index contributed by atoms with van der Waals surface area (Å²) in [7, 11) is 0. The van der Waals surface area contributed by atoms with E-state index in [1.165, 1.54) is 12.1 Å². The highest BCUT2D eigenvalue weighted by Gasteiger charge is 2.16. The molecule has 0 radical (unpaired) electrons. The van der Waals surface area contributed by atoms with Crippen molar-refractivity contribution in [3.8, 4) is 11.5 Å². The van der Waals surface area contributed by atoms with Crippen molar-refractivity contribution in [3.05, 3.63) is 57.6 Å². The number of ether oxygens (including phenoxy) is 2. The van der Waals surface area contributed by atoms with Gasteiger partial charge in [0.25, 0.3) is 0 Å². The molecule has 2 aromatic carbocycles. The lowest BCUT2D eigenvalue weighted by atomic mass is 10.2. The monoisotopic (exact) mass is 439 g/mol. The number of thiocarbonyl (C=S) groups is 1. The molecule has 28 heavy (non-hydrogen) atoms. The van der Waals surface area contributed by atoms with Gasteiger partial charge >= 0.3 is 5.97 Å². The number of benzene rings is 2. The summed E-state index contributed by atoms with van der Waals surface area (Å²) < 4.78 is 11.0. The maximum absolute atomic E-state index is 12.4. The van der Waals surface area contributed by atoms with Crippen LogP contribution in [0.3, 0.4) is 0 Å². The first-order valence-electron chi connectivity index (χ1n) is 8.45. The van der Waals surface area contributed by atoms with E-state index < -0.39 is 5.97 Å². The summed E-state index contributed by atoms with van der Waals surface area (Å²) in [6, 6.07) is 9.61. The quantitative estimate of drug-likeness (QED) is 0.218. The Kier molecular flexibility index (Phi) is 8.50. The normalized spacial score (nSPS) is 10.6. The Bertz CT molecular complexity index is 891. The van der Waals surface area contributed by atoms with Crippen molar-refractivity contribution in [2.75, 3.05) is 13.2 Å². The SMILES string of the molecule is CCNC(=S)N/N=C\c1ccc(OC(=O)c2ccc(Cl)cc2Cl)c(OCC)c1. The Morgan fingerprint density at radius 1 is 1.18 bits per heavy atom. The first-order valence-corrected chi connectivity index (χ1v) is 9.62. The Balaban J connectivity index is 2.16. The number of carbonyl (C=O) groups is 1. The third-order valence-electron chi connectivity index (χ3n) is 3.34. The fraction of sp³-hybridized carbons (Fsp3) is 0.211. The summed E-state index contributed by atoms with van der Waals surface area (Å²) in [5.74, 6) is 0.0620. The minimum absolute atomic E-state index is 0.209. The van der Waals surface area contributed by atoms with E-state index in [2.05, 4.69) is 15.8 Å². The number of rotatable bonds is 7. The van der Waals surface area contributed by atoms with Gasteiger partial charge in [-0.05, 0) is 68.0 Å². The molecular weight excluding hydrogens is 421 g/mol. The van der Waals surface area contributed by atoms with Crippen molar-refractivity contribution in [2.45, 2.75) is 13.8 Å². The van der Waals surface area contributed by atoms with Crippen molar-refractivity contribution in [2.24, 2.45) is 5.10 Å². The first-order chi connectivity index (χ1) is 13.4. The second-order valence-electron chi connectivity index (χ2n) is 5.38. The fourth-order valence-corrected chi connectivity index (χ4v) is 2.82. The van der Waals surface area contributed by atoms with E-state index in [1.54, 1.807) is 30.5 Å². The second kappa shape index (κ2) is 10.8. The molecule has 2 aromatic rings. The average Bonchev–Trinajstić information content (AvgIpc) is 2.64. The fourth-order valence-electron chi connectivity index (χ4n) is 2.13.